The molecule has 0 radical (unpaired) electrons. The fourth-order valence-corrected chi connectivity index (χ4v) is 2.91. The van der Waals surface area contributed by atoms with Crippen molar-refractivity contribution in [1.29, 1.82) is 0 Å². The zero-order chi connectivity index (χ0) is 17.0. The van der Waals surface area contributed by atoms with Gasteiger partial charge in [0.05, 0.1) is 0 Å². The molecule has 0 aromatic heterocycles. The largest absolute Gasteiger partial charge is 0.399 e. The molecule has 1 aliphatic rings. The van der Waals surface area contributed by atoms with E-state index in [1.165, 1.54) is 0 Å². The SMILES string of the molecule is Cc1ccc(N)cc1C(=O)N1CCCC(CNC(=O)C(C)C)C1. The highest BCUT2D eigenvalue weighted by atomic mass is 16.2. The molecule has 0 saturated carbocycles. The molecule has 0 bridgehead atoms. The number of anilines is 1. The van der Waals surface area contributed by atoms with E-state index in [1.54, 1.807) is 6.07 Å². The molecule has 5 nitrogen and oxygen atoms in total. The summed E-state index contributed by atoms with van der Waals surface area (Å²) >= 11 is 0. The van der Waals surface area contributed by atoms with Gasteiger partial charge in [0.1, 0.15) is 0 Å². The molecule has 1 heterocycles. The Morgan fingerprint density at radius 2 is 2.13 bits per heavy atom. The van der Waals surface area contributed by atoms with E-state index in [2.05, 4.69) is 5.32 Å². The number of nitrogens with one attached hydrogen (secondary N) is 1. The van der Waals surface area contributed by atoms with E-state index in [-0.39, 0.29) is 17.7 Å². The highest BCUT2D eigenvalue weighted by Crippen LogP contribution is 2.21. The van der Waals surface area contributed by atoms with Gasteiger partial charge < -0.3 is 16.0 Å². The predicted octanol–water partition coefficient (Wildman–Crippen LogP) is 2.20. The number of carbonyl (C=O) groups is 2. The van der Waals surface area contributed by atoms with Gasteiger partial charge in [0, 0.05) is 36.8 Å². The molecule has 3 N–H and O–H groups in total. The summed E-state index contributed by atoms with van der Waals surface area (Å²) in [4.78, 5) is 26.3. The molecule has 1 aromatic rings. The maximum Gasteiger partial charge on any atom is 0.254 e. The van der Waals surface area contributed by atoms with Crippen molar-refractivity contribution in [3.63, 3.8) is 0 Å². The molecule has 1 saturated heterocycles. The number of likely N-dealkylation sites (tertiary alicyclic amines) is 1. The van der Waals surface area contributed by atoms with Gasteiger partial charge in [-0.3, -0.25) is 9.59 Å². The third-order valence-electron chi connectivity index (χ3n) is 4.39. The number of nitrogens with two attached hydrogens (primary N) is 1. The van der Waals surface area contributed by atoms with Crippen LogP contribution in [0.1, 0.15) is 42.6 Å². The predicted molar refractivity (Wildman–Crippen MR) is 92.1 cm³/mol. The molecule has 5 heteroatoms. The van der Waals surface area contributed by atoms with Gasteiger partial charge in [-0.05, 0) is 43.4 Å². The van der Waals surface area contributed by atoms with Crippen molar-refractivity contribution in [3.8, 4) is 0 Å². The lowest BCUT2D eigenvalue weighted by Gasteiger charge is -2.33. The fourth-order valence-electron chi connectivity index (χ4n) is 2.91. The lowest BCUT2D eigenvalue weighted by atomic mass is 9.96. The number of aryl methyl sites for hydroxylation is 1. The molecule has 23 heavy (non-hydrogen) atoms. The van der Waals surface area contributed by atoms with Crippen LogP contribution in [-0.4, -0.2) is 36.3 Å². The lowest BCUT2D eigenvalue weighted by Crippen LogP contribution is -2.44. The average Bonchev–Trinajstić information content (AvgIpc) is 2.54. The Morgan fingerprint density at radius 3 is 2.83 bits per heavy atom. The van der Waals surface area contributed by atoms with Crippen molar-refractivity contribution >= 4 is 17.5 Å². The van der Waals surface area contributed by atoms with Crippen LogP contribution in [0.5, 0.6) is 0 Å². The molecule has 1 atom stereocenters. The number of carbonyl (C=O) groups excluding carboxylic acids is 2. The minimum absolute atomic E-state index is 0.00808. The van der Waals surface area contributed by atoms with E-state index in [9.17, 15) is 9.59 Å². The second-order valence-corrected chi connectivity index (χ2v) is 6.73. The second-order valence-electron chi connectivity index (χ2n) is 6.73. The zero-order valence-electron chi connectivity index (χ0n) is 14.3. The molecule has 2 rings (SSSR count). The summed E-state index contributed by atoms with van der Waals surface area (Å²) in [5, 5.41) is 2.97. The van der Waals surface area contributed by atoms with Crippen LogP contribution in [0.4, 0.5) is 5.69 Å². The maximum absolute atomic E-state index is 12.7. The van der Waals surface area contributed by atoms with Crippen LogP contribution in [-0.2, 0) is 4.79 Å². The number of nitrogen functional groups attached to an aromatic ring is 1. The van der Waals surface area contributed by atoms with Crippen molar-refractivity contribution in [2.75, 3.05) is 25.4 Å². The van der Waals surface area contributed by atoms with Crippen molar-refractivity contribution in [1.82, 2.24) is 10.2 Å². The standard InChI is InChI=1S/C18H27N3O2/c1-12(2)17(22)20-10-14-5-4-8-21(11-14)18(23)16-9-15(19)7-6-13(16)3/h6-7,9,12,14H,4-5,8,10-11,19H2,1-3H3,(H,20,22). The summed E-state index contributed by atoms with van der Waals surface area (Å²) in [5.74, 6) is 0.415. The molecule has 1 unspecified atom stereocenters. The Hall–Kier alpha value is -2.04. The highest BCUT2D eigenvalue weighted by molar-refractivity contribution is 5.96. The molecule has 2 amide bonds. The van der Waals surface area contributed by atoms with Crippen molar-refractivity contribution in [2.24, 2.45) is 11.8 Å². The van der Waals surface area contributed by atoms with Crippen LogP contribution in [0.3, 0.4) is 0 Å². The van der Waals surface area contributed by atoms with Crippen molar-refractivity contribution < 1.29 is 9.59 Å². The number of hydrogen-bond donors (Lipinski definition) is 2. The van der Waals surface area contributed by atoms with Gasteiger partial charge in [0.15, 0.2) is 0 Å². The lowest BCUT2D eigenvalue weighted by molar-refractivity contribution is -0.124. The molecule has 1 aromatic carbocycles. The van der Waals surface area contributed by atoms with Gasteiger partial charge in [-0.1, -0.05) is 19.9 Å². The number of nitrogens with zero attached hydrogens (tertiary/aromatic N) is 1. The first kappa shape index (κ1) is 17.3. The molecular weight excluding hydrogens is 290 g/mol. The third kappa shape index (κ3) is 4.47. The summed E-state index contributed by atoms with van der Waals surface area (Å²) in [5.41, 5.74) is 8.04. The summed E-state index contributed by atoms with van der Waals surface area (Å²) in [6.07, 6.45) is 2.01. The Kier molecular flexibility index (Phi) is 5.64. The van der Waals surface area contributed by atoms with Gasteiger partial charge in [-0.25, -0.2) is 0 Å². The molecule has 0 aliphatic carbocycles. The quantitative estimate of drug-likeness (QED) is 0.836. The van der Waals surface area contributed by atoms with Crippen LogP contribution in [0, 0.1) is 18.8 Å². The minimum atomic E-state index is -0.00808. The number of hydrogen-bond acceptors (Lipinski definition) is 3. The topological polar surface area (TPSA) is 75.4 Å². The highest BCUT2D eigenvalue weighted by Gasteiger charge is 2.25. The summed E-state index contributed by atoms with van der Waals surface area (Å²) < 4.78 is 0. The second kappa shape index (κ2) is 7.49. The van der Waals surface area contributed by atoms with E-state index in [4.69, 9.17) is 5.73 Å². The van der Waals surface area contributed by atoms with Gasteiger partial charge in [0.25, 0.3) is 5.91 Å². The Morgan fingerprint density at radius 1 is 1.39 bits per heavy atom. The van der Waals surface area contributed by atoms with Crippen LogP contribution < -0.4 is 11.1 Å². The monoisotopic (exact) mass is 317 g/mol. The number of benzene rings is 1. The number of piperidine rings is 1. The van der Waals surface area contributed by atoms with Gasteiger partial charge in [-0.2, -0.15) is 0 Å². The number of rotatable bonds is 4. The van der Waals surface area contributed by atoms with Crippen molar-refractivity contribution in [2.45, 2.75) is 33.6 Å². The van der Waals surface area contributed by atoms with Crippen LogP contribution in [0.25, 0.3) is 0 Å². The van der Waals surface area contributed by atoms with Gasteiger partial charge in [0.2, 0.25) is 5.91 Å². The maximum atomic E-state index is 12.7. The first-order valence-corrected chi connectivity index (χ1v) is 8.31. The smallest absolute Gasteiger partial charge is 0.254 e. The molecule has 1 aliphatic heterocycles. The fraction of sp³-hybridized carbons (Fsp3) is 0.556. The number of amides is 2. The third-order valence-corrected chi connectivity index (χ3v) is 4.39. The van der Waals surface area contributed by atoms with E-state index in [0.717, 1.165) is 24.9 Å². The van der Waals surface area contributed by atoms with Crippen molar-refractivity contribution in [3.05, 3.63) is 29.3 Å². The summed E-state index contributed by atoms with van der Waals surface area (Å²) in [7, 11) is 0. The van der Waals surface area contributed by atoms with E-state index >= 15 is 0 Å². The molecule has 1 fully saturated rings. The van der Waals surface area contributed by atoms with Crippen LogP contribution >= 0.6 is 0 Å². The van der Waals surface area contributed by atoms with E-state index in [0.29, 0.717) is 30.3 Å². The summed E-state index contributed by atoms with van der Waals surface area (Å²) in [6, 6.07) is 5.45. The Labute approximate surface area is 138 Å². The van der Waals surface area contributed by atoms with Gasteiger partial charge in [-0.15, -0.1) is 0 Å². The minimum Gasteiger partial charge on any atom is -0.399 e. The normalized spacial score (nSPS) is 18.1. The first-order valence-electron chi connectivity index (χ1n) is 8.31. The van der Waals surface area contributed by atoms with E-state index in [1.807, 2.05) is 37.8 Å². The Balaban J connectivity index is 1.99. The first-order chi connectivity index (χ1) is 10.9. The molecule has 0 spiro atoms. The van der Waals surface area contributed by atoms with Crippen LogP contribution in [0.15, 0.2) is 18.2 Å². The average molecular weight is 317 g/mol. The van der Waals surface area contributed by atoms with Gasteiger partial charge >= 0.3 is 0 Å². The Bertz CT molecular complexity index is 584. The molecule has 126 valence electrons. The molecular formula is C18H27N3O2. The van der Waals surface area contributed by atoms with Crippen LogP contribution in [0.2, 0.25) is 0 Å². The van der Waals surface area contributed by atoms with E-state index < -0.39 is 0 Å². The zero-order valence-corrected chi connectivity index (χ0v) is 14.3. The summed E-state index contributed by atoms with van der Waals surface area (Å²) in [6.45, 7) is 7.78.